The van der Waals surface area contributed by atoms with Crippen molar-refractivity contribution in [1.29, 1.82) is 0 Å². The van der Waals surface area contributed by atoms with Crippen LogP contribution in [0.1, 0.15) is 54.2 Å². The zero-order valence-electron chi connectivity index (χ0n) is 18.9. The Kier molecular flexibility index (Phi) is 7.30. The smallest absolute Gasteiger partial charge is 0.337 e. The number of amides is 3. The monoisotopic (exact) mass is 435 g/mol. The van der Waals surface area contributed by atoms with Gasteiger partial charge in [-0.05, 0) is 50.1 Å². The third-order valence-electron chi connectivity index (χ3n) is 5.53. The Balaban J connectivity index is 1.91. The molecule has 1 aliphatic heterocycles. The summed E-state index contributed by atoms with van der Waals surface area (Å²) in [5.41, 5.74) is 3.82. The van der Waals surface area contributed by atoms with Crippen LogP contribution in [0.4, 0.5) is 10.5 Å². The molecule has 2 aromatic rings. The maximum Gasteiger partial charge on any atom is 0.337 e. The number of esters is 1. The molecule has 0 aromatic heterocycles. The van der Waals surface area contributed by atoms with Gasteiger partial charge in [0.1, 0.15) is 0 Å². The molecular formula is C25H29N3O4. The second-order valence-corrected chi connectivity index (χ2v) is 7.82. The Bertz CT molecular complexity index is 1040. The Morgan fingerprint density at radius 3 is 2.50 bits per heavy atom. The Morgan fingerprint density at radius 2 is 1.84 bits per heavy atom. The minimum Gasteiger partial charge on any atom is -0.466 e. The summed E-state index contributed by atoms with van der Waals surface area (Å²) in [6, 6.07) is 13.5. The molecule has 7 nitrogen and oxygen atoms in total. The minimum absolute atomic E-state index is 0.236. The zero-order chi connectivity index (χ0) is 23.3. The number of urea groups is 1. The molecule has 2 aromatic carbocycles. The lowest BCUT2D eigenvalue weighted by molar-refractivity contribution is -0.136. The van der Waals surface area contributed by atoms with Gasteiger partial charge in [0, 0.05) is 23.5 Å². The van der Waals surface area contributed by atoms with E-state index in [9.17, 15) is 14.4 Å². The van der Waals surface area contributed by atoms with Gasteiger partial charge in [-0.1, -0.05) is 43.2 Å². The number of carbonyl (C=O) groups excluding carboxylic acids is 3. The fraction of sp³-hybridized carbons (Fsp3) is 0.320. The van der Waals surface area contributed by atoms with Gasteiger partial charge in [0.2, 0.25) is 0 Å². The zero-order valence-corrected chi connectivity index (χ0v) is 18.9. The summed E-state index contributed by atoms with van der Waals surface area (Å²) in [5.74, 6) is -0.733. The number of anilines is 1. The molecule has 1 atom stereocenters. The van der Waals surface area contributed by atoms with E-state index in [-0.39, 0.29) is 11.9 Å². The first-order valence-electron chi connectivity index (χ1n) is 10.7. The average molecular weight is 436 g/mol. The van der Waals surface area contributed by atoms with Crippen molar-refractivity contribution in [3.8, 4) is 0 Å². The van der Waals surface area contributed by atoms with Crippen LogP contribution in [0.3, 0.4) is 0 Å². The lowest BCUT2D eigenvalue weighted by atomic mass is 9.94. The lowest BCUT2D eigenvalue weighted by Gasteiger charge is -2.35. The van der Waals surface area contributed by atoms with E-state index in [2.05, 4.69) is 10.6 Å². The van der Waals surface area contributed by atoms with Crippen LogP contribution in [-0.2, 0) is 9.53 Å². The highest BCUT2D eigenvalue weighted by Crippen LogP contribution is 2.32. The van der Waals surface area contributed by atoms with Crippen molar-refractivity contribution in [2.45, 2.75) is 39.7 Å². The molecule has 0 saturated carbocycles. The number of ether oxygens (including phenoxy) is 1. The summed E-state index contributed by atoms with van der Waals surface area (Å²) in [5, 5.41) is 5.80. The summed E-state index contributed by atoms with van der Waals surface area (Å²) < 4.78 is 5.02. The van der Waals surface area contributed by atoms with Gasteiger partial charge in [0.05, 0.1) is 18.7 Å². The van der Waals surface area contributed by atoms with Crippen LogP contribution < -0.4 is 10.6 Å². The van der Waals surface area contributed by atoms with E-state index in [0.29, 0.717) is 34.6 Å². The molecule has 2 N–H and O–H groups in total. The van der Waals surface area contributed by atoms with E-state index in [1.165, 1.54) is 7.11 Å². The lowest BCUT2D eigenvalue weighted by Crippen LogP contribution is -2.48. The van der Waals surface area contributed by atoms with Crippen LogP contribution in [0.25, 0.3) is 0 Å². The molecular weight excluding hydrogens is 406 g/mol. The maximum atomic E-state index is 12.8. The molecule has 7 heteroatoms. The number of hydrogen-bond acceptors (Lipinski definition) is 4. The van der Waals surface area contributed by atoms with Gasteiger partial charge in [-0.25, -0.2) is 9.59 Å². The third-order valence-corrected chi connectivity index (χ3v) is 5.53. The predicted molar refractivity (Wildman–Crippen MR) is 123 cm³/mol. The molecule has 3 rings (SSSR count). The molecule has 0 fully saturated rings. The largest absolute Gasteiger partial charge is 0.466 e. The molecule has 1 aliphatic rings. The average Bonchev–Trinajstić information content (AvgIpc) is 2.78. The number of hydrogen-bond donors (Lipinski definition) is 2. The van der Waals surface area contributed by atoms with Crippen LogP contribution in [0.2, 0.25) is 0 Å². The number of rotatable bonds is 7. The number of benzene rings is 2. The Labute approximate surface area is 188 Å². The van der Waals surface area contributed by atoms with Gasteiger partial charge in [-0.3, -0.25) is 9.69 Å². The van der Waals surface area contributed by atoms with Crippen LogP contribution >= 0.6 is 0 Å². The molecule has 3 amide bonds. The normalized spacial score (nSPS) is 15.9. The number of carbonyl (C=O) groups is 3. The topological polar surface area (TPSA) is 87.7 Å². The third kappa shape index (κ3) is 4.99. The summed E-state index contributed by atoms with van der Waals surface area (Å²) in [7, 11) is 1.32. The first-order chi connectivity index (χ1) is 15.3. The van der Waals surface area contributed by atoms with E-state index in [4.69, 9.17) is 4.74 Å². The number of nitrogens with one attached hydrogen (secondary N) is 2. The molecule has 0 bridgehead atoms. The quantitative estimate of drug-likeness (QED) is 0.624. The molecule has 0 spiro atoms. The van der Waals surface area contributed by atoms with Crippen LogP contribution in [0.15, 0.2) is 59.8 Å². The Hall–Kier alpha value is -3.61. The maximum absolute atomic E-state index is 12.8. The Morgan fingerprint density at radius 1 is 1.12 bits per heavy atom. The number of allylic oxidation sites excluding steroid dienone is 1. The molecule has 32 heavy (non-hydrogen) atoms. The van der Waals surface area contributed by atoms with Gasteiger partial charge >= 0.3 is 12.0 Å². The summed E-state index contributed by atoms with van der Waals surface area (Å²) in [6.45, 7) is 6.29. The highest BCUT2D eigenvalue weighted by Gasteiger charge is 2.36. The molecule has 0 saturated heterocycles. The fourth-order valence-electron chi connectivity index (χ4n) is 3.70. The van der Waals surface area contributed by atoms with E-state index in [0.717, 1.165) is 18.4 Å². The summed E-state index contributed by atoms with van der Waals surface area (Å²) in [6.07, 6.45) is 1.75. The minimum atomic E-state index is -0.677. The molecule has 168 valence electrons. The highest BCUT2D eigenvalue weighted by atomic mass is 16.5. The second-order valence-electron chi connectivity index (χ2n) is 7.82. The fourth-order valence-corrected chi connectivity index (χ4v) is 3.70. The number of unbranched alkanes of at least 4 members (excludes halogenated alkanes) is 1. The van der Waals surface area contributed by atoms with Crippen molar-refractivity contribution in [1.82, 2.24) is 10.2 Å². The van der Waals surface area contributed by atoms with Crippen LogP contribution in [0.5, 0.6) is 0 Å². The first kappa shape index (κ1) is 23.1. The van der Waals surface area contributed by atoms with Gasteiger partial charge in [-0.2, -0.15) is 0 Å². The number of methoxy groups -OCH3 is 1. The molecule has 0 aliphatic carbocycles. The molecule has 1 unspecified atom stereocenters. The predicted octanol–water partition coefficient (Wildman–Crippen LogP) is 4.56. The molecule has 1 heterocycles. The summed E-state index contributed by atoms with van der Waals surface area (Å²) in [4.78, 5) is 39.6. The SMILES string of the molecule is CCCCN1C(=O)NC(c2cccc(NC(=O)c3ccc(C)cc3)c2)C(C(=O)OC)=C1C. The van der Waals surface area contributed by atoms with Crippen molar-refractivity contribution in [3.63, 3.8) is 0 Å². The van der Waals surface area contributed by atoms with Gasteiger partial charge in [-0.15, -0.1) is 0 Å². The van der Waals surface area contributed by atoms with Crippen LogP contribution in [-0.4, -0.2) is 36.5 Å². The van der Waals surface area contributed by atoms with Crippen molar-refractivity contribution in [2.24, 2.45) is 0 Å². The standard InChI is InChI=1S/C25H29N3O4/c1-5-6-14-28-17(3)21(24(30)32-4)22(27-25(28)31)19-8-7-9-20(15-19)26-23(29)18-12-10-16(2)11-13-18/h7-13,15,22H,5-6,14H2,1-4H3,(H,26,29)(H,27,31). The van der Waals surface area contributed by atoms with Crippen molar-refractivity contribution >= 4 is 23.6 Å². The van der Waals surface area contributed by atoms with Crippen molar-refractivity contribution in [3.05, 3.63) is 76.5 Å². The highest BCUT2D eigenvalue weighted by molar-refractivity contribution is 6.04. The summed E-state index contributed by atoms with van der Waals surface area (Å²) >= 11 is 0. The van der Waals surface area contributed by atoms with Gasteiger partial charge < -0.3 is 15.4 Å². The van der Waals surface area contributed by atoms with E-state index < -0.39 is 12.0 Å². The number of aryl methyl sites for hydroxylation is 1. The van der Waals surface area contributed by atoms with Crippen LogP contribution in [0, 0.1) is 6.92 Å². The van der Waals surface area contributed by atoms with E-state index in [1.54, 1.807) is 42.2 Å². The number of nitrogens with zero attached hydrogens (tertiary/aromatic N) is 1. The van der Waals surface area contributed by atoms with Crippen molar-refractivity contribution < 1.29 is 19.1 Å². The van der Waals surface area contributed by atoms with E-state index >= 15 is 0 Å². The van der Waals surface area contributed by atoms with Gasteiger partial charge in [0.15, 0.2) is 0 Å². The van der Waals surface area contributed by atoms with Gasteiger partial charge in [0.25, 0.3) is 5.91 Å². The second kappa shape index (κ2) is 10.1. The van der Waals surface area contributed by atoms with E-state index in [1.807, 2.05) is 32.0 Å². The van der Waals surface area contributed by atoms with Crippen molar-refractivity contribution in [2.75, 3.05) is 19.0 Å². The molecule has 0 radical (unpaired) electrons. The first-order valence-corrected chi connectivity index (χ1v) is 10.7.